The number of aliphatic hydroxyl groups is 1. The predicted octanol–water partition coefficient (Wildman–Crippen LogP) is 3.99. The van der Waals surface area contributed by atoms with E-state index in [4.69, 9.17) is 9.40 Å². The molecule has 1 amide bonds. The summed E-state index contributed by atoms with van der Waals surface area (Å²) in [5, 5.41) is 14.3. The van der Waals surface area contributed by atoms with Gasteiger partial charge in [0.2, 0.25) is 10.0 Å². The molecule has 1 aliphatic heterocycles. The van der Waals surface area contributed by atoms with Gasteiger partial charge in [0.05, 0.1) is 39.8 Å². The van der Waals surface area contributed by atoms with Crippen molar-refractivity contribution in [1.82, 2.24) is 24.6 Å². The molecule has 1 aliphatic rings. The molecule has 1 unspecified atom stereocenters. The van der Waals surface area contributed by atoms with Crippen molar-refractivity contribution >= 4 is 60.0 Å². The number of carbonyl (C=O) groups is 1. The van der Waals surface area contributed by atoms with Gasteiger partial charge in [-0.25, -0.2) is 27.2 Å². The molecule has 1 saturated heterocycles. The van der Waals surface area contributed by atoms with Crippen LogP contribution in [0.1, 0.15) is 22.3 Å². The van der Waals surface area contributed by atoms with Gasteiger partial charge in [-0.15, -0.1) is 0 Å². The zero-order valence-electron chi connectivity index (χ0n) is 23.7. The number of rotatable bonds is 6. The number of nitrogens with one attached hydrogen (secondary N) is 1. The SMILES string of the molecule is CNC(=O)c1c(C(O)N2CC(F)C2)oc2cc(N(C)S(C)(=O)=O)c(-c3ccc4ncn5c6cccc(F)c6cc5c4n3)cc12. The highest BCUT2D eigenvalue weighted by Gasteiger charge is 2.37. The molecule has 1 atom stereocenters. The van der Waals surface area contributed by atoms with Gasteiger partial charge in [-0.2, -0.15) is 0 Å². The number of likely N-dealkylation sites (tertiary alicyclic amines) is 1. The summed E-state index contributed by atoms with van der Waals surface area (Å²) in [4.78, 5) is 23.9. The third kappa shape index (κ3) is 4.28. The second-order valence-corrected chi connectivity index (χ2v) is 12.8. The van der Waals surface area contributed by atoms with E-state index in [9.17, 15) is 27.1 Å². The molecule has 7 rings (SSSR count). The summed E-state index contributed by atoms with van der Waals surface area (Å²) in [6, 6.07) is 12.9. The first-order valence-electron chi connectivity index (χ1n) is 13.6. The lowest BCUT2D eigenvalue weighted by molar-refractivity contribution is -0.0851. The van der Waals surface area contributed by atoms with Crippen LogP contribution in [-0.2, 0) is 10.0 Å². The maximum absolute atomic E-state index is 14.7. The Morgan fingerprint density at radius 3 is 2.64 bits per heavy atom. The normalized spacial score (nSPS) is 15.3. The number of alkyl halides is 1. The van der Waals surface area contributed by atoms with Crippen molar-refractivity contribution in [3.63, 3.8) is 0 Å². The van der Waals surface area contributed by atoms with Gasteiger partial charge in [0, 0.05) is 49.6 Å². The number of halogens is 2. The smallest absolute Gasteiger partial charge is 0.255 e. The minimum Gasteiger partial charge on any atom is -0.456 e. The first-order valence-corrected chi connectivity index (χ1v) is 15.5. The van der Waals surface area contributed by atoms with Crippen molar-refractivity contribution in [1.29, 1.82) is 0 Å². The summed E-state index contributed by atoms with van der Waals surface area (Å²) < 4.78 is 62.5. The van der Waals surface area contributed by atoms with Gasteiger partial charge >= 0.3 is 0 Å². The molecular formula is C30H26F2N6O5S. The lowest BCUT2D eigenvalue weighted by Gasteiger charge is -2.37. The molecule has 44 heavy (non-hydrogen) atoms. The molecule has 0 bridgehead atoms. The molecule has 0 radical (unpaired) electrons. The number of pyridine rings is 1. The molecule has 1 fully saturated rings. The fraction of sp³-hybridized carbons (Fsp3) is 0.233. The Balaban J connectivity index is 1.50. The van der Waals surface area contributed by atoms with E-state index in [1.54, 1.807) is 47.1 Å². The molecule has 4 aromatic heterocycles. The standard InChI is InChI=1S/C30H26F2N6O5S/c1-33-29(39)26-18-9-17(23(36(2)44(3,41)42)11-25(18)43-28(26)30(40)37-12-15(31)13-37)20-7-8-21-27(35-20)24-10-16-19(32)5-4-6-22(16)38(24)14-34-21/h4-11,14-15,30,40H,12-13H2,1-3H3,(H,33,39). The molecule has 0 saturated carbocycles. The molecule has 6 aromatic rings. The van der Waals surface area contributed by atoms with Crippen LogP contribution in [0.15, 0.2) is 59.3 Å². The van der Waals surface area contributed by atoms with Crippen LogP contribution in [-0.4, -0.2) is 78.3 Å². The number of benzene rings is 2. The average molecular weight is 621 g/mol. The quantitative estimate of drug-likeness (QED) is 0.286. The molecule has 5 heterocycles. The second-order valence-electron chi connectivity index (χ2n) is 10.8. The van der Waals surface area contributed by atoms with Crippen LogP contribution in [0.3, 0.4) is 0 Å². The van der Waals surface area contributed by atoms with Crippen LogP contribution in [0.4, 0.5) is 14.5 Å². The van der Waals surface area contributed by atoms with Gasteiger partial charge in [-0.05, 0) is 36.4 Å². The summed E-state index contributed by atoms with van der Waals surface area (Å²) in [6.45, 7) is -0.0538. The molecular weight excluding hydrogens is 594 g/mol. The Bertz CT molecular complexity index is 2260. The van der Waals surface area contributed by atoms with E-state index in [-0.39, 0.29) is 35.7 Å². The van der Waals surface area contributed by atoms with E-state index in [2.05, 4.69) is 10.3 Å². The molecule has 2 N–H and O–H groups in total. The van der Waals surface area contributed by atoms with Crippen LogP contribution in [0.2, 0.25) is 0 Å². The Morgan fingerprint density at radius 2 is 1.93 bits per heavy atom. The largest absolute Gasteiger partial charge is 0.456 e. The van der Waals surface area contributed by atoms with E-state index in [0.717, 1.165) is 10.6 Å². The van der Waals surface area contributed by atoms with Crippen LogP contribution in [0, 0.1) is 5.82 Å². The summed E-state index contributed by atoms with van der Waals surface area (Å²) >= 11 is 0. The number of hydrogen-bond acceptors (Lipinski definition) is 8. The predicted molar refractivity (Wildman–Crippen MR) is 161 cm³/mol. The number of aliphatic hydroxyl groups excluding tert-OH is 1. The fourth-order valence-electron chi connectivity index (χ4n) is 5.69. The summed E-state index contributed by atoms with van der Waals surface area (Å²) in [6.07, 6.45) is 0.137. The maximum Gasteiger partial charge on any atom is 0.255 e. The summed E-state index contributed by atoms with van der Waals surface area (Å²) in [5.74, 6) is -1.03. The molecule has 0 spiro atoms. The van der Waals surface area contributed by atoms with Crippen LogP contribution < -0.4 is 9.62 Å². The minimum atomic E-state index is -3.78. The molecule has 11 nitrogen and oxygen atoms in total. The van der Waals surface area contributed by atoms with Gasteiger partial charge in [0.25, 0.3) is 5.91 Å². The third-order valence-corrected chi connectivity index (χ3v) is 9.30. The van der Waals surface area contributed by atoms with Gasteiger partial charge < -0.3 is 14.8 Å². The fourth-order valence-corrected chi connectivity index (χ4v) is 6.20. The Morgan fingerprint density at radius 1 is 1.16 bits per heavy atom. The van der Waals surface area contributed by atoms with E-state index in [0.29, 0.717) is 44.1 Å². The first-order chi connectivity index (χ1) is 21.0. The highest BCUT2D eigenvalue weighted by molar-refractivity contribution is 7.92. The van der Waals surface area contributed by atoms with Crippen molar-refractivity contribution in [3.05, 3.63) is 72.0 Å². The number of aromatic nitrogens is 3. The maximum atomic E-state index is 14.7. The number of amides is 1. The van der Waals surface area contributed by atoms with Gasteiger partial charge in [0.15, 0.2) is 12.0 Å². The number of carbonyl (C=O) groups excluding carboxylic acids is 1. The van der Waals surface area contributed by atoms with Crippen molar-refractivity contribution in [2.24, 2.45) is 0 Å². The molecule has 14 heteroatoms. The van der Waals surface area contributed by atoms with Gasteiger partial charge in [-0.1, -0.05) is 6.07 Å². The molecule has 2 aromatic carbocycles. The number of nitrogens with zero attached hydrogens (tertiary/aromatic N) is 5. The molecule has 226 valence electrons. The van der Waals surface area contributed by atoms with Crippen molar-refractivity contribution < 1.29 is 31.5 Å². The Kier molecular flexibility index (Phi) is 6.35. The van der Waals surface area contributed by atoms with E-state index >= 15 is 0 Å². The van der Waals surface area contributed by atoms with Gasteiger partial charge in [-0.3, -0.25) is 18.4 Å². The Hall–Kier alpha value is -4.66. The van der Waals surface area contributed by atoms with Crippen molar-refractivity contribution in [2.45, 2.75) is 12.4 Å². The van der Waals surface area contributed by atoms with Crippen LogP contribution in [0.25, 0.3) is 49.7 Å². The minimum absolute atomic E-state index is 0.0269. The van der Waals surface area contributed by atoms with E-state index < -0.39 is 34.1 Å². The lowest BCUT2D eigenvalue weighted by Crippen LogP contribution is -2.50. The Labute approximate surface area is 249 Å². The van der Waals surface area contributed by atoms with Crippen molar-refractivity contribution in [3.8, 4) is 11.3 Å². The number of hydrogen-bond donors (Lipinski definition) is 2. The molecule has 0 aliphatic carbocycles. The van der Waals surface area contributed by atoms with E-state index in [1.807, 2.05) is 0 Å². The van der Waals surface area contributed by atoms with Crippen molar-refractivity contribution in [2.75, 3.05) is 37.7 Å². The van der Waals surface area contributed by atoms with E-state index in [1.165, 1.54) is 31.1 Å². The first kappa shape index (κ1) is 28.1. The number of fused-ring (bicyclic) bond motifs is 6. The second kappa shape index (κ2) is 9.94. The summed E-state index contributed by atoms with van der Waals surface area (Å²) in [7, 11) is -0.975. The third-order valence-electron chi connectivity index (χ3n) is 8.10. The highest BCUT2D eigenvalue weighted by Crippen LogP contribution is 2.41. The zero-order chi connectivity index (χ0) is 31.1. The average Bonchev–Trinajstić information content (AvgIpc) is 3.56. The number of sulfonamides is 1. The number of anilines is 1. The summed E-state index contributed by atoms with van der Waals surface area (Å²) in [5.41, 5.74) is 3.25. The van der Waals surface area contributed by atoms with Gasteiger partial charge in [0.1, 0.15) is 29.4 Å². The monoisotopic (exact) mass is 620 g/mol. The lowest BCUT2D eigenvalue weighted by atomic mass is 10.0. The van der Waals surface area contributed by atoms with Crippen LogP contribution >= 0.6 is 0 Å². The number of furan rings is 1. The van der Waals surface area contributed by atoms with Crippen LogP contribution in [0.5, 0.6) is 0 Å². The highest BCUT2D eigenvalue weighted by atomic mass is 32.2. The topological polar surface area (TPSA) is 133 Å². The zero-order valence-corrected chi connectivity index (χ0v) is 24.6.